The van der Waals surface area contributed by atoms with E-state index >= 15 is 0 Å². The molecule has 6 nitrogen and oxygen atoms in total. The molecule has 2 aromatic carbocycles. The summed E-state index contributed by atoms with van der Waals surface area (Å²) in [7, 11) is -3.44. The summed E-state index contributed by atoms with van der Waals surface area (Å²) in [5.74, 6) is 0. The molecule has 0 aliphatic carbocycles. The van der Waals surface area contributed by atoms with E-state index in [1.165, 1.54) is 0 Å². The number of hydrogen-bond acceptors (Lipinski definition) is 4. The van der Waals surface area contributed by atoms with Crippen molar-refractivity contribution < 1.29 is 13.3 Å². The van der Waals surface area contributed by atoms with E-state index in [1.807, 2.05) is 61.5 Å². The van der Waals surface area contributed by atoms with Crippen LogP contribution in [-0.2, 0) is 10.0 Å². The molecule has 0 aliphatic heterocycles. The SMILES string of the molecule is Cc1ccc(S(=O)(=O)NC(C)(C)C)c(C)c1C.Cc1ccc([N+](=O)[O-])c(C)c1C. The second-order valence-corrected chi connectivity index (χ2v) is 10.0. The Balaban J connectivity index is 0.000000308. The summed E-state index contributed by atoms with van der Waals surface area (Å²) in [6.07, 6.45) is 0. The normalized spacial score (nSPS) is 11.6. The van der Waals surface area contributed by atoms with Gasteiger partial charge < -0.3 is 0 Å². The van der Waals surface area contributed by atoms with Gasteiger partial charge in [-0.05, 0) is 96.2 Å². The fourth-order valence-electron chi connectivity index (χ4n) is 2.82. The first-order chi connectivity index (χ1) is 13.1. The van der Waals surface area contributed by atoms with Gasteiger partial charge in [0.1, 0.15) is 0 Å². The van der Waals surface area contributed by atoms with Gasteiger partial charge in [-0.3, -0.25) is 10.1 Å². The van der Waals surface area contributed by atoms with Crippen molar-refractivity contribution in [2.45, 2.75) is 72.7 Å². The highest BCUT2D eigenvalue weighted by molar-refractivity contribution is 7.89. The molecule has 0 saturated carbocycles. The summed E-state index contributed by atoms with van der Waals surface area (Å²) in [5, 5.41) is 10.5. The maximum absolute atomic E-state index is 12.2. The van der Waals surface area contributed by atoms with Crippen LogP contribution in [0.2, 0.25) is 0 Å². The molecule has 0 unspecified atom stereocenters. The number of rotatable bonds is 3. The van der Waals surface area contributed by atoms with E-state index in [9.17, 15) is 18.5 Å². The molecule has 0 aliphatic rings. The number of nitro groups is 1. The molecule has 0 aromatic heterocycles. The number of nitrogens with zero attached hydrogens (tertiary/aromatic N) is 1. The molecular weight excluding hydrogens is 388 g/mol. The van der Waals surface area contributed by atoms with Crippen LogP contribution in [-0.4, -0.2) is 18.9 Å². The predicted molar refractivity (Wildman–Crippen MR) is 118 cm³/mol. The van der Waals surface area contributed by atoms with Gasteiger partial charge in [-0.25, -0.2) is 13.1 Å². The third kappa shape index (κ3) is 6.37. The van der Waals surface area contributed by atoms with Gasteiger partial charge in [-0.2, -0.15) is 0 Å². The van der Waals surface area contributed by atoms with E-state index in [4.69, 9.17) is 0 Å². The molecule has 0 bridgehead atoms. The lowest BCUT2D eigenvalue weighted by Gasteiger charge is -2.21. The van der Waals surface area contributed by atoms with Crippen molar-refractivity contribution in [3.63, 3.8) is 0 Å². The third-order valence-corrected chi connectivity index (χ3v) is 6.87. The van der Waals surface area contributed by atoms with Crippen LogP contribution in [0.5, 0.6) is 0 Å². The number of aryl methyl sites for hydroxylation is 2. The van der Waals surface area contributed by atoms with Crippen LogP contribution < -0.4 is 4.72 Å². The molecule has 0 amide bonds. The number of nitrogens with one attached hydrogen (secondary N) is 1. The Hall–Kier alpha value is -2.25. The van der Waals surface area contributed by atoms with Crippen LogP contribution in [0.3, 0.4) is 0 Å². The fourth-order valence-corrected chi connectivity index (χ4v) is 4.54. The van der Waals surface area contributed by atoms with E-state index in [0.29, 0.717) is 4.90 Å². The lowest BCUT2D eigenvalue weighted by atomic mass is 10.0. The van der Waals surface area contributed by atoms with E-state index < -0.39 is 15.6 Å². The summed E-state index contributed by atoms with van der Waals surface area (Å²) < 4.78 is 27.1. The zero-order chi connectivity index (χ0) is 22.7. The van der Waals surface area contributed by atoms with Gasteiger partial charge in [0.05, 0.1) is 9.82 Å². The summed E-state index contributed by atoms with van der Waals surface area (Å²) in [5.41, 5.74) is 5.56. The smallest absolute Gasteiger partial charge is 0.258 e. The Kier molecular flexibility index (Phi) is 7.73. The molecule has 0 saturated heterocycles. The van der Waals surface area contributed by atoms with Gasteiger partial charge in [0.2, 0.25) is 10.0 Å². The van der Waals surface area contributed by atoms with Crippen LogP contribution in [0.1, 0.15) is 54.2 Å². The van der Waals surface area contributed by atoms with Crippen molar-refractivity contribution in [2.75, 3.05) is 0 Å². The number of sulfonamides is 1. The van der Waals surface area contributed by atoms with Crippen LogP contribution in [0.15, 0.2) is 29.2 Å². The highest BCUT2D eigenvalue weighted by Crippen LogP contribution is 2.23. The van der Waals surface area contributed by atoms with Crippen molar-refractivity contribution >= 4 is 15.7 Å². The Morgan fingerprint density at radius 2 is 1.24 bits per heavy atom. The number of benzene rings is 2. The van der Waals surface area contributed by atoms with Crippen LogP contribution in [0.25, 0.3) is 0 Å². The minimum absolute atomic E-state index is 0.207. The molecule has 2 rings (SSSR count). The molecule has 2 aromatic rings. The van der Waals surface area contributed by atoms with E-state index in [0.717, 1.165) is 33.4 Å². The molecule has 1 N–H and O–H groups in total. The fraction of sp³-hybridized carbons (Fsp3) is 0.455. The van der Waals surface area contributed by atoms with Gasteiger partial charge in [-0.15, -0.1) is 0 Å². The minimum atomic E-state index is -3.44. The number of nitro benzene ring substituents is 1. The average molecular weight is 421 g/mol. The molecule has 0 spiro atoms. The molecule has 0 heterocycles. The van der Waals surface area contributed by atoms with Gasteiger partial charge in [0.15, 0.2) is 0 Å². The van der Waals surface area contributed by atoms with Crippen molar-refractivity contribution in [1.29, 1.82) is 0 Å². The second kappa shape index (κ2) is 9.05. The molecule has 160 valence electrons. The standard InChI is InChI=1S/C13H21NO2S.C9H11NO2/c1-9-7-8-12(11(3)10(9)2)17(15,16)14-13(4,5)6;1-6-4-5-9(10(11)12)8(3)7(6)2/h7-8,14H,1-6H3;4-5H,1-3H3. The first-order valence-corrected chi connectivity index (χ1v) is 10.9. The number of hydrogen-bond donors (Lipinski definition) is 1. The Bertz CT molecular complexity index is 1020. The lowest BCUT2D eigenvalue weighted by Crippen LogP contribution is -2.40. The van der Waals surface area contributed by atoms with Crippen LogP contribution >= 0.6 is 0 Å². The monoisotopic (exact) mass is 420 g/mol. The summed E-state index contributed by atoms with van der Waals surface area (Å²) in [6, 6.07) is 6.85. The predicted octanol–water partition coefficient (Wildman–Crippen LogP) is 5.21. The first-order valence-electron chi connectivity index (χ1n) is 9.40. The largest absolute Gasteiger partial charge is 0.272 e. The van der Waals surface area contributed by atoms with E-state index in [1.54, 1.807) is 25.1 Å². The van der Waals surface area contributed by atoms with Crippen LogP contribution in [0.4, 0.5) is 5.69 Å². The quantitative estimate of drug-likeness (QED) is 0.545. The molecular formula is C22H32N2O4S. The van der Waals surface area contributed by atoms with Crippen molar-refractivity contribution in [3.05, 3.63) is 67.8 Å². The van der Waals surface area contributed by atoms with Crippen molar-refractivity contribution in [2.24, 2.45) is 0 Å². The molecule has 0 fully saturated rings. The minimum Gasteiger partial charge on any atom is -0.258 e. The highest BCUT2D eigenvalue weighted by Gasteiger charge is 2.24. The Morgan fingerprint density at radius 3 is 1.69 bits per heavy atom. The summed E-state index contributed by atoms with van der Waals surface area (Å²) >= 11 is 0. The molecule has 29 heavy (non-hydrogen) atoms. The topological polar surface area (TPSA) is 89.3 Å². The average Bonchev–Trinajstić information content (AvgIpc) is 2.55. The summed E-state index contributed by atoms with van der Waals surface area (Å²) in [6.45, 7) is 16.9. The van der Waals surface area contributed by atoms with Gasteiger partial charge >= 0.3 is 0 Å². The maximum Gasteiger partial charge on any atom is 0.272 e. The highest BCUT2D eigenvalue weighted by atomic mass is 32.2. The van der Waals surface area contributed by atoms with Gasteiger partial charge in [0, 0.05) is 17.2 Å². The van der Waals surface area contributed by atoms with Crippen LogP contribution in [0, 0.1) is 51.7 Å². The molecule has 7 heteroatoms. The Morgan fingerprint density at radius 1 is 0.793 bits per heavy atom. The zero-order valence-electron chi connectivity index (χ0n) is 18.8. The summed E-state index contributed by atoms with van der Waals surface area (Å²) in [4.78, 5) is 10.5. The van der Waals surface area contributed by atoms with Gasteiger partial charge in [-0.1, -0.05) is 12.1 Å². The van der Waals surface area contributed by atoms with Crippen molar-refractivity contribution in [1.82, 2.24) is 4.72 Å². The first kappa shape index (κ1) is 24.8. The molecule has 0 atom stereocenters. The van der Waals surface area contributed by atoms with Crippen molar-refractivity contribution in [3.8, 4) is 0 Å². The second-order valence-electron chi connectivity index (χ2n) is 8.39. The molecule has 0 radical (unpaired) electrons. The van der Waals surface area contributed by atoms with Gasteiger partial charge in [0.25, 0.3) is 5.69 Å². The third-order valence-electron chi connectivity index (χ3n) is 4.96. The van der Waals surface area contributed by atoms with E-state index in [2.05, 4.69) is 4.72 Å². The maximum atomic E-state index is 12.2. The Labute approximate surface area is 174 Å². The van der Waals surface area contributed by atoms with E-state index in [-0.39, 0.29) is 10.6 Å². The zero-order valence-corrected chi connectivity index (χ0v) is 19.6. The lowest BCUT2D eigenvalue weighted by molar-refractivity contribution is -0.385.